The highest BCUT2D eigenvalue weighted by molar-refractivity contribution is 6.31. The first-order valence-corrected chi connectivity index (χ1v) is 8.45. The first-order chi connectivity index (χ1) is 12.1. The Morgan fingerprint density at radius 3 is 2.76 bits per heavy atom. The third kappa shape index (κ3) is 3.03. The SMILES string of the molecule is Cc1cc(N2CC(c3noc(-c4ccccc4)n3)CC2=O)ccc1Cl. The molecule has 1 saturated heterocycles. The van der Waals surface area contributed by atoms with Crippen molar-refractivity contribution < 1.29 is 9.32 Å². The molecule has 1 fully saturated rings. The highest BCUT2D eigenvalue weighted by Gasteiger charge is 2.34. The van der Waals surface area contributed by atoms with E-state index in [9.17, 15) is 4.79 Å². The number of anilines is 1. The second kappa shape index (κ2) is 6.33. The van der Waals surface area contributed by atoms with E-state index in [1.54, 1.807) is 4.90 Å². The van der Waals surface area contributed by atoms with E-state index in [4.69, 9.17) is 16.1 Å². The highest BCUT2D eigenvalue weighted by atomic mass is 35.5. The van der Waals surface area contributed by atoms with Gasteiger partial charge in [-0.15, -0.1) is 0 Å². The van der Waals surface area contributed by atoms with Crippen LogP contribution in [0.3, 0.4) is 0 Å². The Morgan fingerprint density at radius 1 is 1.20 bits per heavy atom. The number of nitrogens with zero attached hydrogens (tertiary/aromatic N) is 3. The van der Waals surface area contributed by atoms with Crippen molar-refractivity contribution in [1.29, 1.82) is 0 Å². The molecule has 1 aromatic heterocycles. The van der Waals surface area contributed by atoms with Gasteiger partial charge in [-0.3, -0.25) is 4.79 Å². The molecule has 0 spiro atoms. The summed E-state index contributed by atoms with van der Waals surface area (Å²) in [6.07, 6.45) is 0.370. The van der Waals surface area contributed by atoms with Crippen molar-refractivity contribution in [1.82, 2.24) is 10.1 Å². The van der Waals surface area contributed by atoms with Crippen LogP contribution < -0.4 is 4.90 Å². The lowest BCUT2D eigenvalue weighted by atomic mass is 10.1. The van der Waals surface area contributed by atoms with Crippen LogP contribution >= 0.6 is 11.6 Å². The van der Waals surface area contributed by atoms with Crippen LogP contribution in [-0.4, -0.2) is 22.6 Å². The summed E-state index contributed by atoms with van der Waals surface area (Å²) in [5.74, 6) is 1.02. The minimum atomic E-state index is -0.0790. The highest BCUT2D eigenvalue weighted by Crippen LogP contribution is 2.32. The second-order valence-corrected chi connectivity index (χ2v) is 6.57. The zero-order valence-electron chi connectivity index (χ0n) is 13.6. The molecule has 1 atom stereocenters. The minimum Gasteiger partial charge on any atom is -0.334 e. The van der Waals surface area contributed by atoms with Crippen LogP contribution in [0, 0.1) is 6.92 Å². The maximum absolute atomic E-state index is 12.4. The Hall–Kier alpha value is -2.66. The van der Waals surface area contributed by atoms with E-state index in [1.165, 1.54) is 0 Å². The van der Waals surface area contributed by atoms with Gasteiger partial charge in [-0.1, -0.05) is 35.0 Å². The Bertz CT molecular complexity index is 923. The summed E-state index contributed by atoms with van der Waals surface area (Å²) >= 11 is 6.07. The normalized spacial score (nSPS) is 17.3. The van der Waals surface area contributed by atoms with Crippen molar-refractivity contribution in [3.63, 3.8) is 0 Å². The molecule has 0 bridgehead atoms. The number of hydrogen-bond donors (Lipinski definition) is 0. The molecule has 2 aromatic carbocycles. The van der Waals surface area contributed by atoms with Crippen molar-refractivity contribution in [2.24, 2.45) is 0 Å². The van der Waals surface area contributed by atoms with E-state index < -0.39 is 0 Å². The summed E-state index contributed by atoms with van der Waals surface area (Å²) in [6, 6.07) is 15.2. The van der Waals surface area contributed by atoms with Gasteiger partial charge in [-0.25, -0.2) is 0 Å². The molecular weight excluding hydrogens is 338 g/mol. The van der Waals surface area contributed by atoms with Gasteiger partial charge in [0, 0.05) is 35.2 Å². The molecule has 1 unspecified atom stereocenters. The van der Waals surface area contributed by atoms with E-state index >= 15 is 0 Å². The van der Waals surface area contributed by atoms with Crippen molar-refractivity contribution in [2.45, 2.75) is 19.3 Å². The number of carbonyl (C=O) groups is 1. The zero-order chi connectivity index (χ0) is 17.4. The van der Waals surface area contributed by atoms with Gasteiger partial charge in [-0.2, -0.15) is 4.98 Å². The fourth-order valence-electron chi connectivity index (χ4n) is 3.03. The Kier molecular flexibility index (Phi) is 4.01. The van der Waals surface area contributed by atoms with Gasteiger partial charge < -0.3 is 9.42 Å². The predicted molar refractivity (Wildman–Crippen MR) is 95.6 cm³/mol. The van der Waals surface area contributed by atoms with Gasteiger partial charge in [0.2, 0.25) is 5.91 Å². The monoisotopic (exact) mass is 353 g/mol. The summed E-state index contributed by atoms with van der Waals surface area (Å²) in [4.78, 5) is 18.7. The summed E-state index contributed by atoms with van der Waals surface area (Å²) < 4.78 is 5.37. The smallest absolute Gasteiger partial charge is 0.257 e. The molecule has 0 saturated carbocycles. The van der Waals surface area contributed by atoms with E-state index in [-0.39, 0.29) is 11.8 Å². The van der Waals surface area contributed by atoms with Crippen molar-refractivity contribution in [3.8, 4) is 11.5 Å². The first-order valence-electron chi connectivity index (χ1n) is 8.07. The molecule has 126 valence electrons. The van der Waals surface area contributed by atoms with Crippen LogP contribution in [0.15, 0.2) is 53.1 Å². The topological polar surface area (TPSA) is 59.2 Å². The average Bonchev–Trinajstić information content (AvgIpc) is 3.25. The molecule has 1 aliphatic heterocycles. The molecule has 25 heavy (non-hydrogen) atoms. The largest absolute Gasteiger partial charge is 0.334 e. The molecule has 6 heteroatoms. The van der Waals surface area contributed by atoms with Gasteiger partial charge in [0.25, 0.3) is 5.89 Å². The van der Waals surface area contributed by atoms with Gasteiger partial charge in [0.05, 0.1) is 0 Å². The van der Waals surface area contributed by atoms with Crippen molar-refractivity contribution in [2.75, 3.05) is 11.4 Å². The number of aryl methyl sites for hydroxylation is 1. The second-order valence-electron chi connectivity index (χ2n) is 6.16. The number of rotatable bonds is 3. The number of benzene rings is 2. The van der Waals surface area contributed by atoms with Crippen LogP contribution in [0.1, 0.15) is 23.7 Å². The maximum Gasteiger partial charge on any atom is 0.257 e. The fourth-order valence-corrected chi connectivity index (χ4v) is 3.14. The predicted octanol–water partition coefficient (Wildman–Crippen LogP) is 4.22. The van der Waals surface area contributed by atoms with E-state index in [2.05, 4.69) is 10.1 Å². The zero-order valence-corrected chi connectivity index (χ0v) is 14.4. The van der Waals surface area contributed by atoms with Gasteiger partial charge in [-0.05, 0) is 42.8 Å². The van der Waals surface area contributed by atoms with E-state index in [0.717, 1.165) is 16.8 Å². The summed E-state index contributed by atoms with van der Waals surface area (Å²) in [6.45, 7) is 2.46. The molecule has 0 aliphatic carbocycles. The number of hydrogen-bond acceptors (Lipinski definition) is 4. The molecule has 1 aliphatic rings. The molecule has 0 N–H and O–H groups in total. The quantitative estimate of drug-likeness (QED) is 0.707. The Balaban J connectivity index is 1.56. The molecule has 0 radical (unpaired) electrons. The van der Waals surface area contributed by atoms with Crippen molar-refractivity contribution in [3.05, 3.63) is 64.9 Å². The third-order valence-corrected chi connectivity index (χ3v) is 4.83. The molecule has 3 aromatic rings. The Labute approximate surface area is 150 Å². The number of amides is 1. The van der Waals surface area contributed by atoms with Gasteiger partial charge >= 0.3 is 0 Å². The maximum atomic E-state index is 12.4. The van der Waals surface area contributed by atoms with Crippen LogP contribution in [0.25, 0.3) is 11.5 Å². The third-order valence-electron chi connectivity index (χ3n) is 4.41. The molecule has 5 nitrogen and oxygen atoms in total. The van der Waals surface area contributed by atoms with Gasteiger partial charge in [0.15, 0.2) is 5.82 Å². The molecule has 2 heterocycles. The van der Waals surface area contributed by atoms with Crippen LogP contribution in [0.5, 0.6) is 0 Å². The lowest BCUT2D eigenvalue weighted by Crippen LogP contribution is -2.24. The Morgan fingerprint density at radius 2 is 2.00 bits per heavy atom. The first kappa shape index (κ1) is 15.8. The molecule has 1 amide bonds. The van der Waals surface area contributed by atoms with Crippen LogP contribution in [0.4, 0.5) is 5.69 Å². The number of halogens is 1. The number of carbonyl (C=O) groups excluding carboxylic acids is 1. The van der Waals surface area contributed by atoms with Gasteiger partial charge in [0.1, 0.15) is 0 Å². The van der Waals surface area contributed by atoms with E-state index in [1.807, 2.05) is 55.5 Å². The fraction of sp³-hybridized carbons (Fsp3) is 0.211. The van der Waals surface area contributed by atoms with E-state index in [0.29, 0.717) is 29.7 Å². The summed E-state index contributed by atoms with van der Waals surface area (Å²) in [5.41, 5.74) is 2.67. The standard InChI is InChI=1S/C19H16ClN3O2/c1-12-9-15(7-8-16(12)20)23-11-14(10-17(23)24)18-21-19(25-22-18)13-5-3-2-4-6-13/h2-9,14H,10-11H2,1H3. The number of aromatic nitrogens is 2. The lowest BCUT2D eigenvalue weighted by Gasteiger charge is -2.17. The van der Waals surface area contributed by atoms with Crippen LogP contribution in [-0.2, 0) is 4.79 Å². The lowest BCUT2D eigenvalue weighted by molar-refractivity contribution is -0.117. The van der Waals surface area contributed by atoms with Crippen LogP contribution in [0.2, 0.25) is 5.02 Å². The summed E-state index contributed by atoms with van der Waals surface area (Å²) in [7, 11) is 0. The average molecular weight is 354 g/mol. The van der Waals surface area contributed by atoms with Crippen molar-refractivity contribution >= 4 is 23.2 Å². The minimum absolute atomic E-state index is 0.0535. The summed E-state index contributed by atoms with van der Waals surface area (Å²) in [5, 5.41) is 4.77. The molecular formula is C19H16ClN3O2. The molecule has 4 rings (SSSR count).